The summed E-state index contributed by atoms with van der Waals surface area (Å²) in [7, 11) is -9.95. The topological polar surface area (TPSA) is 337 Å². The van der Waals surface area contributed by atoms with Gasteiger partial charge in [-0.1, -0.05) is 18.2 Å². The summed E-state index contributed by atoms with van der Waals surface area (Å²) in [4.78, 5) is 10.5. The van der Waals surface area contributed by atoms with Crippen molar-refractivity contribution < 1.29 is 70.1 Å². The molecule has 62 heavy (non-hydrogen) atoms. The minimum absolute atomic E-state index is 0.0977. The highest BCUT2D eigenvalue weighted by molar-refractivity contribution is 7.86. The summed E-state index contributed by atoms with van der Waals surface area (Å²) in [5.74, 6) is -4.49. The molecule has 322 valence electrons. The molecule has 1 aromatic heterocycles. The SMILES string of the molecule is Cc1ccc(N=Nc2cc(OCCO)c(N=Nc3c(S(=O)(=O)O)cc4cc(-n5nc(C(=O)O)c(N=Nc6ccccc6F)c5O)ccc4c3O)cc2OCCO)c(S(=O)(=O)O)c1. The smallest absolute Gasteiger partial charge is 0.358 e. The zero-order chi connectivity index (χ0) is 44.9. The number of ether oxygens (including phenoxy) is 2. The Morgan fingerprint density at radius 1 is 0.710 bits per heavy atom. The minimum atomic E-state index is -5.22. The first-order chi connectivity index (χ1) is 29.4. The van der Waals surface area contributed by atoms with Gasteiger partial charge in [0.25, 0.3) is 20.2 Å². The number of carboxylic acids is 1. The van der Waals surface area contributed by atoms with Crippen molar-refractivity contribution in [3.63, 3.8) is 0 Å². The van der Waals surface area contributed by atoms with Crippen LogP contribution in [0.15, 0.2) is 119 Å². The quantitative estimate of drug-likeness (QED) is 0.0377. The number of hydrogen-bond acceptors (Lipinski definition) is 18. The van der Waals surface area contributed by atoms with E-state index in [1.165, 1.54) is 48.5 Å². The first-order valence-corrected chi connectivity index (χ1v) is 20.4. The normalized spacial score (nSPS) is 12.3. The molecule has 0 amide bonds. The highest BCUT2D eigenvalue weighted by atomic mass is 32.2. The minimum Gasteiger partial charge on any atom is -0.505 e. The molecule has 7 N–H and O–H groups in total. The Morgan fingerprint density at radius 3 is 1.89 bits per heavy atom. The number of fused-ring (bicyclic) bond motifs is 1. The van der Waals surface area contributed by atoms with Gasteiger partial charge in [0.2, 0.25) is 11.6 Å². The summed E-state index contributed by atoms with van der Waals surface area (Å²) in [5.41, 5.74) is -2.77. The third-order valence-corrected chi connectivity index (χ3v) is 10.1. The average molecular weight is 895 g/mol. The van der Waals surface area contributed by atoms with Crippen LogP contribution in [0.2, 0.25) is 0 Å². The van der Waals surface area contributed by atoms with Crippen LogP contribution < -0.4 is 9.47 Å². The Hall–Kier alpha value is -7.29. The maximum Gasteiger partial charge on any atom is 0.358 e. The predicted octanol–water partition coefficient (Wildman–Crippen LogP) is 7.06. The van der Waals surface area contributed by atoms with Crippen molar-refractivity contribution in [1.82, 2.24) is 9.78 Å². The van der Waals surface area contributed by atoms with Crippen molar-refractivity contribution in [2.45, 2.75) is 16.7 Å². The fourth-order valence-corrected chi connectivity index (χ4v) is 6.94. The molecule has 0 aliphatic heterocycles. The van der Waals surface area contributed by atoms with E-state index in [-0.39, 0.29) is 63.9 Å². The number of carbonyl (C=O) groups is 1. The maximum atomic E-state index is 14.1. The number of benzene rings is 5. The van der Waals surface area contributed by atoms with Crippen molar-refractivity contribution >= 4 is 71.1 Å². The van der Waals surface area contributed by atoms with E-state index in [1.807, 2.05) is 0 Å². The molecule has 6 rings (SSSR count). The predicted molar refractivity (Wildman–Crippen MR) is 213 cm³/mol. The van der Waals surface area contributed by atoms with Crippen LogP contribution in [-0.2, 0) is 20.2 Å². The van der Waals surface area contributed by atoms with Crippen LogP contribution in [0.3, 0.4) is 0 Å². The van der Waals surface area contributed by atoms with Crippen molar-refractivity contribution in [1.29, 1.82) is 0 Å². The van der Waals surface area contributed by atoms with Gasteiger partial charge >= 0.3 is 5.97 Å². The van der Waals surface area contributed by atoms with E-state index in [9.17, 15) is 60.7 Å². The van der Waals surface area contributed by atoms with Gasteiger partial charge in [-0.15, -0.1) is 30.7 Å². The molecule has 25 heteroatoms. The van der Waals surface area contributed by atoms with E-state index >= 15 is 0 Å². The second kappa shape index (κ2) is 18.1. The molecule has 0 atom stereocenters. The van der Waals surface area contributed by atoms with Gasteiger partial charge < -0.3 is 35.0 Å². The highest BCUT2D eigenvalue weighted by Gasteiger charge is 2.26. The molecule has 1 heterocycles. The lowest BCUT2D eigenvalue weighted by Gasteiger charge is -2.13. The van der Waals surface area contributed by atoms with E-state index in [4.69, 9.17) is 9.47 Å². The van der Waals surface area contributed by atoms with Gasteiger partial charge in [-0.3, -0.25) is 9.11 Å². The second-order valence-corrected chi connectivity index (χ2v) is 15.4. The maximum absolute atomic E-state index is 14.1. The monoisotopic (exact) mass is 894 g/mol. The third-order valence-electron chi connectivity index (χ3n) is 8.36. The van der Waals surface area contributed by atoms with Crippen LogP contribution in [0.1, 0.15) is 16.1 Å². The van der Waals surface area contributed by atoms with Gasteiger partial charge in [0, 0.05) is 17.5 Å². The number of rotatable bonds is 16. The lowest BCUT2D eigenvalue weighted by atomic mass is 10.1. The van der Waals surface area contributed by atoms with Gasteiger partial charge in [0.05, 0.1) is 18.9 Å². The summed E-state index contributed by atoms with van der Waals surface area (Å²) in [6, 6.07) is 15.9. The molecule has 0 unspecified atom stereocenters. The fraction of sp³-hybridized carbons (Fsp3) is 0.135. The third kappa shape index (κ3) is 9.67. The average Bonchev–Trinajstić information content (AvgIpc) is 3.56. The van der Waals surface area contributed by atoms with E-state index in [0.717, 1.165) is 30.3 Å². The lowest BCUT2D eigenvalue weighted by molar-refractivity contribution is 0.0690. The summed E-state index contributed by atoms with van der Waals surface area (Å²) >= 11 is 0. The fourth-order valence-electron chi connectivity index (χ4n) is 5.58. The summed E-state index contributed by atoms with van der Waals surface area (Å²) in [6.07, 6.45) is 0. The van der Waals surface area contributed by atoms with E-state index in [1.54, 1.807) is 6.92 Å². The van der Waals surface area contributed by atoms with Crippen molar-refractivity contribution in [3.05, 3.63) is 95.9 Å². The Kier molecular flexibility index (Phi) is 12.9. The number of aromatic nitrogens is 2. The molecular weight excluding hydrogens is 864 g/mol. The number of aromatic carboxylic acids is 1. The number of phenolic OH excluding ortho intramolecular Hbond substituents is 1. The molecule has 0 bridgehead atoms. The first kappa shape index (κ1) is 44.3. The Balaban J connectivity index is 1.44. The molecular formula is C37H31FN8O14S2. The molecule has 0 fully saturated rings. The Bertz CT molecular complexity index is 3050. The van der Waals surface area contributed by atoms with E-state index in [0.29, 0.717) is 10.2 Å². The van der Waals surface area contributed by atoms with Crippen molar-refractivity contribution in [2.75, 3.05) is 26.4 Å². The van der Waals surface area contributed by atoms with Crippen molar-refractivity contribution in [2.24, 2.45) is 30.7 Å². The number of halogens is 1. The number of aryl methyl sites for hydroxylation is 1. The molecule has 0 spiro atoms. The van der Waals surface area contributed by atoms with Gasteiger partial charge in [-0.25, -0.2) is 9.18 Å². The molecule has 0 radical (unpaired) electrons. The summed E-state index contributed by atoms with van der Waals surface area (Å²) in [5, 5.41) is 77.9. The number of nitrogens with zero attached hydrogens (tertiary/aromatic N) is 8. The highest BCUT2D eigenvalue weighted by Crippen LogP contribution is 2.46. The standard InChI is InChI=1S/C37H31FN8O14S2/c1-19-6-9-25(30(14-19)61(53,54)55)40-41-26-17-29(60-13-11-48)27(18-28(26)59-12-10-47)42-43-32-31(62(56,57)58)16-20-15-21(7-8-22(20)35(32)49)46-36(50)33(34(45-46)37(51)52)44-39-24-5-3-2-4-23(24)38/h2-9,14-18,47-50H,10-13H2,1H3,(H,51,52)(H,53,54,55)(H,56,57,58). The van der Waals surface area contributed by atoms with Crippen LogP contribution >= 0.6 is 0 Å². The molecule has 0 aliphatic carbocycles. The number of hydrogen-bond donors (Lipinski definition) is 7. The second-order valence-electron chi connectivity index (χ2n) is 12.6. The van der Waals surface area contributed by atoms with Crippen molar-refractivity contribution in [3.8, 4) is 28.8 Å². The van der Waals surface area contributed by atoms with Gasteiger partial charge in [0.1, 0.15) is 62.9 Å². The van der Waals surface area contributed by atoms with Crippen LogP contribution in [0.5, 0.6) is 23.1 Å². The van der Waals surface area contributed by atoms with Gasteiger partial charge in [-0.2, -0.15) is 26.6 Å². The van der Waals surface area contributed by atoms with Crippen LogP contribution in [-0.4, -0.2) is 93.7 Å². The summed E-state index contributed by atoms with van der Waals surface area (Å²) < 4.78 is 95.5. The zero-order valence-electron chi connectivity index (χ0n) is 31.6. The number of carboxylic acid groups (broad SMARTS) is 1. The Labute approximate surface area is 348 Å². The molecule has 0 saturated heterocycles. The summed E-state index contributed by atoms with van der Waals surface area (Å²) in [6.45, 7) is -0.0708. The first-order valence-electron chi connectivity index (χ1n) is 17.5. The molecule has 0 aliphatic rings. The zero-order valence-corrected chi connectivity index (χ0v) is 33.2. The van der Waals surface area contributed by atoms with Crippen LogP contribution in [0, 0.1) is 12.7 Å². The van der Waals surface area contributed by atoms with Gasteiger partial charge in [-0.05, 0) is 66.4 Å². The molecule has 22 nitrogen and oxygen atoms in total. The number of aromatic hydroxyl groups is 2. The number of azo groups is 3. The van der Waals surface area contributed by atoms with Gasteiger partial charge in [0.15, 0.2) is 17.3 Å². The van der Waals surface area contributed by atoms with Crippen LogP contribution in [0.4, 0.5) is 38.5 Å². The lowest BCUT2D eigenvalue weighted by Crippen LogP contribution is -2.04. The number of aliphatic hydroxyl groups is 2. The van der Waals surface area contributed by atoms with E-state index < -0.39 is 83.7 Å². The molecule has 0 saturated carbocycles. The number of aliphatic hydroxyl groups excluding tert-OH is 2. The molecule has 6 aromatic rings. The van der Waals surface area contributed by atoms with E-state index in [2.05, 4.69) is 35.8 Å². The molecule has 5 aromatic carbocycles. The Morgan fingerprint density at radius 2 is 1.29 bits per heavy atom. The number of phenols is 1. The largest absolute Gasteiger partial charge is 0.505 e. The van der Waals surface area contributed by atoms with Crippen LogP contribution in [0.25, 0.3) is 16.5 Å².